The maximum Gasteiger partial charge on any atom is 0.251 e. The van der Waals surface area contributed by atoms with Crippen molar-refractivity contribution >= 4 is 15.9 Å². The lowest BCUT2D eigenvalue weighted by molar-refractivity contribution is 0.0955. The van der Waals surface area contributed by atoms with Crippen LogP contribution in [0.2, 0.25) is 0 Å². The first-order valence-corrected chi connectivity index (χ1v) is 6.43. The molecule has 0 atom stereocenters. The van der Waals surface area contributed by atoms with Crippen LogP contribution in [0, 0.1) is 12.7 Å². The zero-order valence-electron chi connectivity index (χ0n) is 9.45. The number of nitrogens with one attached hydrogen (secondary N) is 1. The van der Waals surface area contributed by atoms with Crippen LogP contribution >= 0.6 is 0 Å². The third-order valence-corrected chi connectivity index (χ3v) is 3.24. The fourth-order valence-corrected chi connectivity index (χ4v) is 2.16. The van der Waals surface area contributed by atoms with E-state index in [-0.39, 0.29) is 16.0 Å². The van der Waals surface area contributed by atoms with Gasteiger partial charge in [-0.25, -0.2) is 17.9 Å². The average Bonchev–Trinajstić information content (AvgIpc) is 2.20. The number of carbonyl (C=O) groups excluding carboxylic acids is 1. The molecule has 7 heteroatoms. The molecule has 1 amide bonds. The summed E-state index contributed by atoms with van der Waals surface area (Å²) >= 11 is 0. The van der Waals surface area contributed by atoms with E-state index in [9.17, 15) is 17.6 Å². The lowest BCUT2D eigenvalue weighted by Crippen LogP contribution is -2.24. The first-order chi connectivity index (χ1) is 7.77. The van der Waals surface area contributed by atoms with E-state index in [1.54, 1.807) is 6.92 Å². The van der Waals surface area contributed by atoms with Crippen LogP contribution in [0.3, 0.4) is 0 Å². The van der Waals surface area contributed by atoms with Crippen molar-refractivity contribution < 1.29 is 17.6 Å². The third kappa shape index (κ3) is 3.01. The van der Waals surface area contributed by atoms with Gasteiger partial charge in [0, 0.05) is 17.7 Å². The second-order valence-electron chi connectivity index (χ2n) is 3.49. The van der Waals surface area contributed by atoms with Crippen molar-refractivity contribution in [2.24, 2.45) is 5.14 Å². The molecule has 0 saturated carbocycles. The Kier molecular flexibility index (Phi) is 3.84. The predicted octanol–water partition coefficient (Wildman–Crippen LogP) is 0.531. The Morgan fingerprint density at radius 3 is 2.53 bits per heavy atom. The Morgan fingerprint density at radius 2 is 2.06 bits per heavy atom. The number of amides is 1. The number of primary sulfonamides is 1. The topological polar surface area (TPSA) is 89.3 Å². The molecule has 0 aromatic heterocycles. The van der Waals surface area contributed by atoms with E-state index in [0.717, 1.165) is 12.1 Å². The number of hydrogen-bond donors (Lipinski definition) is 2. The average molecular weight is 260 g/mol. The highest BCUT2D eigenvalue weighted by Crippen LogP contribution is 2.19. The van der Waals surface area contributed by atoms with Crippen molar-refractivity contribution in [1.29, 1.82) is 0 Å². The van der Waals surface area contributed by atoms with Crippen molar-refractivity contribution in [2.75, 3.05) is 6.54 Å². The third-order valence-electron chi connectivity index (χ3n) is 2.20. The maximum atomic E-state index is 13.5. The van der Waals surface area contributed by atoms with Crippen LogP contribution in [-0.4, -0.2) is 20.9 Å². The molecule has 94 valence electrons. The highest BCUT2D eigenvalue weighted by molar-refractivity contribution is 7.89. The summed E-state index contributed by atoms with van der Waals surface area (Å²) in [7, 11) is -4.05. The maximum absolute atomic E-state index is 13.5. The van der Waals surface area contributed by atoms with Crippen LogP contribution in [0.4, 0.5) is 4.39 Å². The van der Waals surface area contributed by atoms with E-state index in [0.29, 0.717) is 6.54 Å². The van der Waals surface area contributed by atoms with E-state index < -0.39 is 21.7 Å². The minimum absolute atomic E-state index is 0.0704. The normalized spacial score (nSPS) is 11.3. The first kappa shape index (κ1) is 13.6. The molecule has 1 aromatic rings. The van der Waals surface area contributed by atoms with Gasteiger partial charge in [-0.2, -0.15) is 0 Å². The first-order valence-electron chi connectivity index (χ1n) is 4.88. The predicted molar refractivity (Wildman–Crippen MR) is 60.5 cm³/mol. The summed E-state index contributed by atoms with van der Waals surface area (Å²) < 4.78 is 35.9. The van der Waals surface area contributed by atoms with Gasteiger partial charge in [-0.1, -0.05) is 0 Å². The molecular formula is C10H13FN2O3S. The highest BCUT2D eigenvalue weighted by atomic mass is 32.2. The summed E-state index contributed by atoms with van der Waals surface area (Å²) in [6, 6.07) is 2.05. The van der Waals surface area contributed by atoms with E-state index in [1.807, 2.05) is 0 Å². The molecule has 0 fully saturated rings. The van der Waals surface area contributed by atoms with Crippen molar-refractivity contribution in [1.82, 2.24) is 5.32 Å². The molecule has 1 rings (SSSR count). The number of benzene rings is 1. The zero-order chi connectivity index (χ0) is 13.2. The molecule has 0 aliphatic carbocycles. The molecule has 0 radical (unpaired) electrons. The summed E-state index contributed by atoms with van der Waals surface area (Å²) in [5, 5.41) is 7.39. The fourth-order valence-electron chi connectivity index (χ4n) is 1.34. The summed E-state index contributed by atoms with van der Waals surface area (Å²) in [6.45, 7) is 3.35. The van der Waals surface area contributed by atoms with Gasteiger partial charge in [-0.3, -0.25) is 4.79 Å². The second kappa shape index (κ2) is 4.80. The number of sulfonamides is 1. The minimum atomic E-state index is -4.05. The molecule has 0 aliphatic heterocycles. The van der Waals surface area contributed by atoms with Crippen molar-refractivity contribution in [2.45, 2.75) is 18.7 Å². The van der Waals surface area contributed by atoms with Gasteiger partial charge < -0.3 is 5.32 Å². The number of halogens is 1. The lowest BCUT2D eigenvalue weighted by Gasteiger charge is -2.08. The Balaban J connectivity index is 3.39. The summed E-state index contributed by atoms with van der Waals surface area (Å²) in [5.74, 6) is -1.32. The van der Waals surface area contributed by atoms with E-state index in [2.05, 4.69) is 5.32 Å². The Labute approximate surface area is 98.9 Å². The molecular weight excluding hydrogens is 247 g/mol. The fraction of sp³-hybridized carbons (Fsp3) is 0.300. The van der Waals surface area contributed by atoms with Gasteiger partial charge in [0.05, 0.1) is 4.90 Å². The van der Waals surface area contributed by atoms with Gasteiger partial charge in [0.1, 0.15) is 5.82 Å². The van der Waals surface area contributed by atoms with E-state index in [4.69, 9.17) is 5.14 Å². The van der Waals surface area contributed by atoms with Crippen LogP contribution in [0.1, 0.15) is 22.8 Å². The summed E-state index contributed by atoms with van der Waals surface area (Å²) in [5.41, 5.74) is -0.167. The van der Waals surface area contributed by atoms with Gasteiger partial charge in [-0.05, 0) is 26.0 Å². The van der Waals surface area contributed by atoms with Gasteiger partial charge >= 0.3 is 0 Å². The van der Waals surface area contributed by atoms with Crippen molar-refractivity contribution in [3.63, 3.8) is 0 Å². The molecule has 0 aliphatic rings. The molecule has 1 aromatic carbocycles. The molecule has 5 nitrogen and oxygen atoms in total. The molecule has 17 heavy (non-hydrogen) atoms. The Bertz CT molecular complexity index is 555. The van der Waals surface area contributed by atoms with Crippen LogP contribution < -0.4 is 10.5 Å². The van der Waals surface area contributed by atoms with Crippen LogP contribution in [-0.2, 0) is 10.0 Å². The lowest BCUT2D eigenvalue weighted by atomic mass is 10.1. The SMILES string of the molecule is CCNC(=O)c1cc(F)c(C)c(S(N)(=O)=O)c1. The number of nitrogens with two attached hydrogens (primary N) is 1. The number of carbonyl (C=O) groups is 1. The summed E-state index contributed by atoms with van der Waals surface area (Å²) in [6.07, 6.45) is 0. The van der Waals surface area contributed by atoms with Gasteiger partial charge in [0.15, 0.2) is 0 Å². The zero-order valence-corrected chi connectivity index (χ0v) is 10.3. The van der Waals surface area contributed by atoms with Crippen LogP contribution in [0.5, 0.6) is 0 Å². The largest absolute Gasteiger partial charge is 0.352 e. The molecule has 0 bridgehead atoms. The molecule has 3 N–H and O–H groups in total. The molecule has 0 heterocycles. The molecule has 0 unspecified atom stereocenters. The van der Waals surface area contributed by atoms with Crippen LogP contribution in [0.25, 0.3) is 0 Å². The second-order valence-corrected chi connectivity index (χ2v) is 5.02. The Hall–Kier alpha value is -1.47. The molecule has 0 spiro atoms. The summed E-state index contributed by atoms with van der Waals surface area (Å²) in [4.78, 5) is 11.1. The van der Waals surface area contributed by atoms with Crippen molar-refractivity contribution in [3.05, 3.63) is 29.1 Å². The standard InChI is InChI=1S/C10H13FN2O3S/c1-3-13-10(14)7-4-8(11)6(2)9(5-7)17(12,15)16/h4-5H,3H2,1-2H3,(H,13,14)(H2,12,15,16). The van der Waals surface area contributed by atoms with Gasteiger partial charge in [0.2, 0.25) is 10.0 Å². The van der Waals surface area contributed by atoms with Crippen molar-refractivity contribution in [3.8, 4) is 0 Å². The highest BCUT2D eigenvalue weighted by Gasteiger charge is 2.18. The smallest absolute Gasteiger partial charge is 0.251 e. The van der Waals surface area contributed by atoms with Crippen LogP contribution in [0.15, 0.2) is 17.0 Å². The van der Waals surface area contributed by atoms with Gasteiger partial charge in [0.25, 0.3) is 5.91 Å². The Morgan fingerprint density at radius 1 is 1.47 bits per heavy atom. The minimum Gasteiger partial charge on any atom is -0.352 e. The number of rotatable bonds is 3. The quantitative estimate of drug-likeness (QED) is 0.830. The van der Waals surface area contributed by atoms with E-state index >= 15 is 0 Å². The molecule has 0 saturated heterocycles. The monoisotopic (exact) mass is 260 g/mol. The number of hydrogen-bond acceptors (Lipinski definition) is 3. The van der Waals surface area contributed by atoms with E-state index in [1.165, 1.54) is 6.92 Å². The van der Waals surface area contributed by atoms with Gasteiger partial charge in [-0.15, -0.1) is 0 Å².